The zero-order chi connectivity index (χ0) is 22.0. The van der Waals surface area contributed by atoms with Gasteiger partial charge in [0.15, 0.2) is 17.3 Å². The van der Waals surface area contributed by atoms with E-state index in [9.17, 15) is 4.79 Å². The molecule has 0 bridgehead atoms. The first kappa shape index (κ1) is 21.4. The predicted molar refractivity (Wildman–Crippen MR) is 125 cm³/mol. The molecule has 1 fully saturated rings. The van der Waals surface area contributed by atoms with Gasteiger partial charge in [0.2, 0.25) is 0 Å². The Morgan fingerprint density at radius 2 is 1.68 bits per heavy atom. The fourth-order valence-electron chi connectivity index (χ4n) is 4.81. The van der Waals surface area contributed by atoms with Crippen LogP contribution in [0.2, 0.25) is 0 Å². The van der Waals surface area contributed by atoms with Crippen molar-refractivity contribution < 1.29 is 18.8 Å². The highest BCUT2D eigenvalue weighted by Gasteiger charge is 2.28. The van der Waals surface area contributed by atoms with Gasteiger partial charge in [0.05, 0.1) is 54.0 Å². The fourth-order valence-corrected chi connectivity index (χ4v) is 4.81. The van der Waals surface area contributed by atoms with Crippen LogP contribution >= 0.6 is 0 Å². The van der Waals surface area contributed by atoms with Crippen LogP contribution in [0.5, 0.6) is 11.5 Å². The highest BCUT2D eigenvalue weighted by molar-refractivity contribution is 6.15. The van der Waals surface area contributed by atoms with Gasteiger partial charge in [-0.2, -0.15) is 0 Å². The first-order chi connectivity index (χ1) is 15.0. The van der Waals surface area contributed by atoms with Gasteiger partial charge >= 0.3 is 0 Å². The van der Waals surface area contributed by atoms with Crippen molar-refractivity contribution in [1.29, 1.82) is 0 Å². The molecule has 2 aromatic carbocycles. The van der Waals surface area contributed by atoms with E-state index in [1.165, 1.54) is 36.2 Å². The quantitative estimate of drug-likeness (QED) is 0.518. The molecule has 0 unspecified atom stereocenters. The number of carbonyl (C=O) groups is 1. The largest absolute Gasteiger partial charge is 0.493 e. The Labute approximate surface area is 185 Å². The molecule has 0 saturated carbocycles. The van der Waals surface area contributed by atoms with Crippen LogP contribution in [-0.2, 0) is 6.42 Å². The molecule has 0 N–H and O–H groups in total. The number of nitrogens with zero attached hydrogens (tertiary/aromatic N) is 2. The molecule has 1 aliphatic carbocycles. The molecule has 0 spiro atoms. The van der Waals surface area contributed by atoms with E-state index in [4.69, 9.17) is 9.47 Å². The lowest BCUT2D eigenvalue weighted by atomic mass is 10.1. The monoisotopic (exact) mass is 421 g/mol. The lowest BCUT2D eigenvalue weighted by Gasteiger charge is -2.42. The second-order valence-corrected chi connectivity index (χ2v) is 8.91. The van der Waals surface area contributed by atoms with Crippen molar-refractivity contribution in [3.63, 3.8) is 0 Å². The van der Waals surface area contributed by atoms with Crippen molar-refractivity contribution in [1.82, 2.24) is 0 Å². The Hall–Kier alpha value is -2.79. The van der Waals surface area contributed by atoms with Gasteiger partial charge in [-0.1, -0.05) is 19.1 Å². The molecular weight excluding hydrogens is 388 g/mol. The summed E-state index contributed by atoms with van der Waals surface area (Å²) in [4.78, 5) is 15.4. The normalized spacial score (nSPS) is 18.9. The number of Topliss-reactive ketones (excluding diaryl/α,β-unsaturated/α-hetero) is 1. The Bertz CT molecular complexity index is 986. The van der Waals surface area contributed by atoms with E-state index < -0.39 is 0 Å². The predicted octanol–water partition coefficient (Wildman–Crippen LogP) is 4.20. The molecule has 0 atom stereocenters. The molecule has 31 heavy (non-hydrogen) atoms. The van der Waals surface area contributed by atoms with Gasteiger partial charge < -0.3 is 18.9 Å². The van der Waals surface area contributed by atoms with Crippen LogP contribution in [0, 0.1) is 0 Å². The third-order valence-corrected chi connectivity index (χ3v) is 6.71. The van der Waals surface area contributed by atoms with Crippen LogP contribution < -0.4 is 14.4 Å². The molecule has 2 aromatic rings. The van der Waals surface area contributed by atoms with Gasteiger partial charge in [-0.3, -0.25) is 4.79 Å². The molecule has 0 aromatic heterocycles. The van der Waals surface area contributed by atoms with Crippen LogP contribution in [0.25, 0.3) is 6.08 Å². The fraction of sp³-hybridized carbons (Fsp3) is 0.423. The van der Waals surface area contributed by atoms with E-state index in [1.807, 2.05) is 12.1 Å². The summed E-state index contributed by atoms with van der Waals surface area (Å²) in [6.07, 6.45) is 3.87. The van der Waals surface area contributed by atoms with Gasteiger partial charge in [0.25, 0.3) is 0 Å². The maximum absolute atomic E-state index is 12.9. The summed E-state index contributed by atoms with van der Waals surface area (Å²) in [5, 5.41) is 0. The van der Waals surface area contributed by atoms with E-state index in [0.29, 0.717) is 23.5 Å². The first-order valence-electron chi connectivity index (χ1n) is 11.1. The Balaban J connectivity index is 1.47. The molecule has 1 heterocycles. The van der Waals surface area contributed by atoms with Gasteiger partial charge in [-0.15, -0.1) is 0 Å². The number of ketones is 1. The van der Waals surface area contributed by atoms with Gasteiger partial charge in [-0.25, -0.2) is 0 Å². The highest BCUT2D eigenvalue weighted by Crippen LogP contribution is 2.37. The van der Waals surface area contributed by atoms with Crippen LogP contribution in [0.3, 0.4) is 0 Å². The van der Waals surface area contributed by atoms with E-state index >= 15 is 0 Å². The van der Waals surface area contributed by atoms with E-state index in [0.717, 1.165) is 29.8 Å². The molecule has 1 aliphatic heterocycles. The molecular formula is C26H33N2O3+. The summed E-state index contributed by atoms with van der Waals surface area (Å²) in [6.45, 7) is 8.10. The number of likely N-dealkylation sites (N-methyl/N-ethyl adjacent to an activating group) is 1. The first-order valence-corrected chi connectivity index (χ1v) is 11.1. The Morgan fingerprint density at radius 1 is 1.03 bits per heavy atom. The van der Waals surface area contributed by atoms with Crippen LogP contribution in [0.1, 0.15) is 34.8 Å². The zero-order valence-corrected chi connectivity index (χ0v) is 19.1. The topological polar surface area (TPSA) is 38.8 Å². The van der Waals surface area contributed by atoms with Crippen molar-refractivity contribution in [3.8, 4) is 11.5 Å². The van der Waals surface area contributed by atoms with E-state index in [2.05, 4.69) is 43.1 Å². The number of carbonyl (C=O) groups excluding carboxylic acids is 1. The van der Waals surface area contributed by atoms with Crippen molar-refractivity contribution in [3.05, 3.63) is 58.7 Å². The summed E-state index contributed by atoms with van der Waals surface area (Å²) < 4.78 is 11.9. The summed E-state index contributed by atoms with van der Waals surface area (Å²) in [6, 6.07) is 12.3. The molecule has 0 radical (unpaired) electrons. The number of hydrogen-bond acceptors (Lipinski definition) is 4. The number of hydrogen-bond donors (Lipinski definition) is 0. The second kappa shape index (κ2) is 8.75. The lowest BCUT2D eigenvalue weighted by Crippen LogP contribution is -2.57. The average Bonchev–Trinajstić information content (AvgIpc) is 3.08. The van der Waals surface area contributed by atoms with Gasteiger partial charge in [-0.05, 0) is 47.9 Å². The minimum Gasteiger partial charge on any atom is -0.493 e. The minimum atomic E-state index is 0.0732. The maximum atomic E-state index is 12.9. The van der Waals surface area contributed by atoms with Crippen LogP contribution in [-0.4, -0.2) is 64.3 Å². The molecule has 2 aliphatic rings. The molecule has 164 valence electrons. The standard InChI is InChI=1S/C26H33N2O3/c1-5-12-28(2)13-10-27(11-14-28)22-8-6-19(7-9-22)15-21-16-20-17-24(30-3)25(31-4)18-23(20)26(21)29/h6-9,15,17-18H,5,10-14,16H2,1-4H3/q+1/b21-15+. The summed E-state index contributed by atoms with van der Waals surface area (Å²) >= 11 is 0. The maximum Gasteiger partial charge on any atom is 0.189 e. The summed E-state index contributed by atoms with van der Waals surface area (Å²) in [5.41, 5.74) is 4.83. The zero-order valence-electron chi connectivity index (χ0n) is 19.1. The number of anilines is 1. The second-order valence-electron chi connectivity index (χ2n) is 8.91. The van der Waals surface area contributed by atoms with E-state index in [-0.39, 0.29) is 5.78 Å². The summed E-state index contributed by atoms with van der Waals surface area (Å²) in [7, 11) is 5.58. The van der Waals surface area contributed by atoms with Gasteiger partial charge in [0, 0.05) is 23.2 Å². The van der Waals surface area contributed by atoms with Crippen molar-refractivity contribution in [2.75, 3.05) is 58.9 Å². The molecule has 0 amide bonds. The van der Waals surface area contributed by atoms with Crippen molar-refractivity contribution >= 4 is 17.5 Å². The van der Waals surface area contributed by atoms with E-state index in [1.54, 1.807) is 20.3 Å². The summed E-state index contributed by atoms with van der Waals surface area (Å²) in [5.74, 6) is 1.33. The smallest absolute Gasteiger partial charge is 0.189 e. The number of quaternary nitrogens is 1. The van der Waals surface area contributed by atoms with Crippen LogP contribution in [0.4, 0.5) is 5.69 Å². The lowest BCUT2D eigenvalue weighted by molar-refractivity contribution is -0.910. The number of rotatable bonds is 6. The SMILES string of the molecule is CCC[N+]1(C)CCN(c2ccc(/C=C3\Cc4cc(OC)c(OC)cc4C3=O)cc2)CC1. The van der Waals surface area contributed by atoms with Gasteiger partial charge in [0.1, 0.15) is 0 Å². The third kappa shape index (κ3) is 4.33. The highest BCUT2D eigenvalue weighted by atomic mass is 16.5. The number of allylic oxidation sites excluding steroid dienone is 1. The minimum absolute atomic E-state index is 0.0732. The average molecular weight is 422 g/mol. The Morgan fingerprint density at radius 3 is 2.29 bits per heavy atom. The number of ether oxygens (including phenoxy) is 2. The molecule has 5 heteroatoms. The molecule has 5 nitrogen and oxygen atoms in total. The van der Waals surface area contributed by atoms with Crippen molar-refractivity contribution in [2.45, 2.75) is 19.8 Å². The number of piperazine rings is 1. The molecule has 4 rings (SSSR count). The number of fused-ring (bicyclic) bond motifs is 1. The Kier molecular flexibility index (Phi) is 6.05. The molecule has 1 saturated heterocycles. The van der Waals surface area contributed by atoms with Crippen molar-refractivity contribution in [2.24, 2.45) is 0 Å². The van der Waals surface area contributed by atoms with Crippen LogP contribution in [0.15, 0.2) is 42.0 Å². The number of methoxy groups -OCH3 is 2. The third-order valence-electron chi connectivity index (χ3n) is 6.71. The number of benzene rings is 2.